The second-order valence-corrected chi connectivity index (χ2v) is 8.73. The van der Waals surface area contributed by atoms with Crippen LogP contribution in [0.2, 0.25) is 0 Å². The van der Waals surface area contributed by atoms with Crippen LogP contribution in [-0.2, 0) is 27.9 Å². The van der Waals surface area contributed by atoms with E-state index in [1.54, 1.807) is 30.3 Å². The SMILES string of the molecule is C=C(C)C(=O)OCC(COC(=O)c1ccccc1)OP(=O)([O-])OCC[N+](C)(C)C. The maximum absolute atomic E-state index is 12.1. The van der Waals surface area contributed by atoms with Gasteiger partial charge in [-0.05, 0) is 19.1 Å². The van der Waals surface area contributed by atoms with Crippen molar-refractivity contribution in [3.63, 3.8) is 0 Å². The Balaban J connectivity index is 2.71. The van der Waals surface area contributed by atoms with Crippen molar-refractivity contribution >= 4 is 19.8 Å². The van der Waals surface area contributed by atoms with Crippen LogP contribution in [0.5, 0.6) is 0 Å². The molecular weight excluding hydrogens is 401 g/mol. The van der Waals surface area contributed by atoms with Crippen LogP contribution >= 0.6 is 7.82 Å². The fourth-order valence-corrected chi connectivity index (χ4v) is 2.72. The second kappa shape index (κ2) is 11.2. The zero-order chi connectivity index (χ0) is 22.1. The van der Waals surface area contributed by atoms with Gasteiger partial charge in [-0.25, -0.2) is 9.59 Å². The summed E-state index contributed by atoms with van der Waals surface area (Å²) in [4.78, 5) is 35.8. The van der Waals surface area contributed by atoms with E-state index in [1.807, 2.05) is 21.1 Å². The Labute approximate surface area is 171 Å². The molecule has 162 valence electrons. The maximum atomic E-state index is 12.1. The molecule has 0 aliphatic carbocycles. The van der Waals surface area contributed by atoms with Gasteiger partial charge in [-0.1, -0.05) is 24.8 Å². The van der Waals surface area contributed by atoms with Gasteiger partial charge in [-0.2, -0.15) is 0 Å². The lowest BCUT2D eigenvalue weighted by atomic mass is 10.2. The van der Waals surface area contributed by atoms with Crippen molar-refractivity contribution < 1.29 is 42.1 Å². The normalized spacial score (nSPS) is 14.5. The Morgan fingerprint density at radius 1 is 1.14 bits per heavy atom. The molecule has 0 aromatic heterocycles. The molecule has 2 unspecified atom stereocenters. The molecule has 0 amide bonds. The summed E-state index contributed by atoms with van der Waals surface area (Å²) in [5.41, 5.74) is 0.421. The number of phosphoric acid groups is 1. The highest BCUT2D eigenvalue weighted by molar-refractivity contribution is 7.45. The largest absolute Gasteiger partial charge is 0.756 e. The van der Waals surface area contributed by atoms with E-state index in [9.17, 15) is 19.0 Å². The van der Waals surface area contributed by atoms with Gasteiger partial charge in [0.05, 0.1) is 26.7 Å². The number of phosphoric ester groups is 1. The summed E-state index contributed by atoms with van der Waals surface area (Å²) in [5.74, 6) is -1.39. The summed E-state index contributed by atoms with van der Waals surface area (Å²) in [6.07, 6.45) is -1.27. The van der Waals surface area contributed by atoms with Gasteiger partial charge in [0, 0.05) is 5.57 Å². The highest BCUT2D eigenvalue weighted by atomic mass is 31.2. The number of carbonyl (C=O) groups is 2. The number of rotatable bonds is 12. The number of carbonyl (C=O) groups excluding carboxylic acids is 2. The van der Waals surface area contributed by atoms with Crippen LogP contribution in [-0.4, -0.2) is 70.0 Å². The molecule has 0 saturated heterocycles. The Kier molecular flexibility index (Phi) is 9.68. The smallest absolute Gasteiger partial charge is 0.338 e. The Morgan fingerprint density at radius 3 is 2.28 bits per heavy atom. The molecule has 0 aliphatic heterocycles. The third-order valence-corrected chi connectivity index (χ3v) is 4.50. The summed E-state index contributed by atoms with van der Waals surface area (Å²) in [6, 6.07) is 8.15. The van der Waals surface area contributed by atoms with Gasteiger partial charge in [-0.3, -0.25) is 4.57 Å². The van der Waals surface area contributed by atoms with E-state index >= 15 is 0 Å². The minimum absolute atomic E-state index is 0.0909. The Hall–Kier alpha value is -2.03. The predicted molar refractivity (Wildman–Crippen MR) is 104 cm³/mol. The second-order valence-electron chi connectivity index (χ2n) is 7.37. The molecule has 0 bridgehead atoms. The van der Waals surface area contributed by atoms with Crippen LogP contribution in [0, 0.1) is 0 Å². The third kappa shape index (κ3) is 10.9. The monoisotopic (exact) mass is 429 g/mol. The number of nitrogens with zero attached hydrogens (tertiary/aromatic N) is 1. The topological polar surface area (TPSA) is 111 Å². The zero-order valence-corrected chi connectivity index (χ0v) is 18.1. The maximum Gasteiger partial charge on any atom is 0.338 e. The first-order valence-corrected chi connectivity index (χ1v) is 10.3. The van der Waals surface area contributed by atoms with E-state index in [0.717, 1.165) is 0 Å². The first kappa shape index (κ1) is 25.0. The molecule has 0 aliphatic rings. The Morgan fingerprint density at radius 2 is 1.72 bits per heavy atom. The number of hydrogen-bond donors (Lipinski definition) is 0. The van der Waals surface area contributed by atoms with Gasteiger partial charge >= 0.3 is 11.9 Å². The number of likely N-dealkylation sites (N-methyl/N-ethyl adjacent to an activating group) is 1. The van der Waals surface area contributed by atoms with Gasteiger partial charge in [0.15, 0.2) is 0 Å². The zero-order valence-electron chi connectivity index (χ0n) is 17.2. The van der Waals surface area contributed by atoms with Crippen LogP contribution in [0.15, 0.2) is 42.5 Å². The predicted octanol–water partition coefficient (Wildman–Crippen LogP) is 1.54. The van der Waals surface area contributed by atoms with Gasteiger partial charge in [-0.15, -0.1) is 0 Å². The quantitative estimate of drug-likeness (QED) is 0.213. The van der Waals surface area contributed by atoms with E-state index in [-0.39, 0.29) is 17.7 Å². The van der Waals surface area contributed by atoms with Crippen molar-refractivity contribution in [3.8, 4) is 0 Å². The summed E-state index contributed by atoms with van der Waals surface area (Å²) in [5, 5.41) is 0. The molecule has 1 aromatic rings. The van der Waals surface area contributed by atoms with E-state index < -0.39 is 39.1 Å². The summed E-state index contributed by atoms with van der Waals surface area (Å²) >= 11 is 0. The van der Waals surface area contributed by atoms with E-state index in [1.165, 1.54) is 6.92 Å². The van der Waals surface area contributed by atoms with Crippen LogP contribution in [0.4, 0.5) is 0 Å². The highest BCUT2D eigenvalue weighted by Gasteiger charge is 2.23. The lowest BCUT2D eigenvalue weighted by Crippen LogP contribution is -2.38. The number of hydrogen-bond acceptors (Lipinski definition) is 8. The van der Waals surface area contributed by atoms with Crippen molar-refractivity contribution in [3.05, 3.63) is 48.0 Å². The molecule has 0 spiro atoms. The molecule has 0 heterocycles. The molecule has 0 radical (unpaired) electrons. The molecule has 0 fully saturated rings. The average molecular weight is 429 g/mol. The fourth-order valence-electron chi connectivity index (χ4n) is 1.87. The molecule has 29 heavy (non-hydrogen) atoms. The van der Waals surface area contributed by atoms with Crippen LogP contribution in [0.1, 0.15) is 17.3 Å². The Bertz CT molecular complexity index is 744. The summed E-state index contributed by atoms with van der Waals surface area (Å²) in [6.45, 7) is 4.30. The molecule has 0 saturated carbocycles. The van der Waals surface area contributed by atoms with Gasteiger partial charge in [0.2, 0.25) is 0 Å². The van der Waals surface area contributed by atoms with Crippen molar-refractivity contribution in [1.82, 2.24) is 0 Å². The minimum atomic E-state index is -4.72. The van der Waals surface area contributed by atoms with Gasteiger partial charge in [0.1, 0.15) is 32.5 Å². The number of benzene rings is 1. The molecule has 1 rings (SSSR count). The van der Waals surface area contributed by atoms with E-state index in [0.29, 0.717) is 11.0 Å². The van der Waals surface area contributed by atoms with Crippen molar-refractivity contribution in [2.24, 2.45) is 0 Å². The van der Waals surface area contributed by atoms with Crippen LogP contribution < -0.4 is 4.89 Å². The lowest BCUT2D eigenvalue weighted by Gasteiger charge is -2.29. The van der Waals surface area contributed by atoms with Crippen molar-refractivity contribution in [2.75, 3.05) is 47.5 Å². The first-order valence-electron chi connectivity index (χ1n) is 8.89. The number of esters is 2. The van der Waals surface area contributed by atoms with Crippen LogP contribution in [0.25, 0.3) is 0 Å². The fraction of sp³-hybridized carbons (Fsp3) is 0.474. The first-order chi connectivity index (χ1) is 13.4. The number of ether oxygens (including phenoxy) is 2. The standard InChI is InChI=1S/C19H28NO8P/c1-15(2)18(21)25-13-17(14-26-19(22)16-9-7-6-8-10-16)28-29(23,24)27-12-11-20(3,4)5/h6-10,17H,1,11-14H2,2-5H3. The molecular formula is C19H28NO8P. The summed E-state index contributed by atoms with van der Waals surface area (Å²) < 4.78 is 32.4. The average Bonchev–Trinajstić information content (AvgIpc) is 2.62. The van der Waals surface area contributed by atoms with Gasteiger partial charge in [0.25, 0.3) is 7.82 Å². The molecule has 0 N–H and O–H groups in total. The number of quaternary nitrogens is 1. The summed E-state index contributed by atoms with van der Waals surface area (Å²) in [7, 11) is 0.918. The van der Waals surface area contributed by atoms with Crippen molar-refractivity contribution in [2.45, 2.75) is 13.0 Å². The molecule has 1 aromatic carbocycles. The van der Waals surface area contributed by atoms with E-state index in [4.69, 9.17) is 18.5 Å². The minimum Gasteiger partial charge on any atom is -0.756 e. The lowest BCUT2D eigenvalue weighted by molar-refractivity contribution is -0.870. The molecule has 10 heteroatoms. The third-order valence-electron chi connectivity index (χ3n) is 3.45. The highest BCUT2D eigenvalue weighted by Crippen LogP contribution is 2.40. The van der Waals surface area contributed by atoms with Crippen molar-refractivity contribution in [1.29, 1.82) is 0 Å². The van der Waals surface area contributed by atoms with Crippen LogP contribution in [0.3, 0.4) is 0 Å². The molecule has 2 atom stereocenters. The van der Waals surface area contributed by atoms with E-state index in [2.05, 4.69) is 6.58 Å². The van der Waals surface area contributed by atoms with Gasteiger partial charge < -0.3 is 27.9 Å². The molecule has 9 nitrogen and oxygen atoms in total.